The molecule has 3 heterocycles. The van der Waals surface area contributed by atoms with Gasteiger partial charge in [-0.25, -0.2) is 4.98 Å². The van der Waals surface area contributed by atoms with Gasteiger partial charge in [0.1, 0.15) is 0 Å². The highest BCUT2D eigenvalue weighted by Crippen LogP contribution is 2.36. The number of benzene rings is 1. The van der Waals surface area contributed by atoms with Crippen molar-refractivity contribution in [2.75, 3.05) is 13.1 Å². The molecule has 3 atom stereocenters. The number of aromatic nitrogens is 1. The van der Waals surface area contributed by atoms with Gasteiger partial charge in [-0.3, -0.25) is 4.79 Å². The number of thiazole rings is 1. The highest BCUT2D eigenvalue weighted by atomic mass is 35.5. The summed E-state index contributed by atoms with van der Waals surface area (Å²) < 4.78 is 1.28. The Morgan fingerprint density at radius 1 is 1.07 bits per heavy atom. The van der Waals surface area contributed by atoms with Crippen molar-refractivity contribution in [1.82, 2.24) is 15.2 Å². The number of nitrogens with one attached hydrogen (secondary N) is 1. The van der Waals surface area contributed by atoms with Crippen LogP contribution in [-0.2, 0) is 4.79 Å². The van der Waals surface area contributed by atoms with Crippen molar-refractivity contribution >= 4 is 52.3 Å². The fourth-order valence-electron chi connectivity index (χ4n) is 5.14. The molecule has 2 aromatic rings. The topological polar surface area (TPSA) is 45.2 Å². The van der Waals surface area contributed by atoms with Crippen LogP contribution in [0.4, 0.5) is 0 Å². The third kappa shape index (κ3) is 4.18. The molecule has 0 bridgehead atoms. The Bertz CT molecular complexity index is 759. The van der Waals surface area contributed by atoms with E-state index < -0.39 is 0 Å². The van der Waals surface area contributed by atoms with Crippen molar-refractivity contribution in [2.24, 2.45) is 5.92 Å². The molecule has 2 saturated heterocycles. The summed E-state index contributed by atoms with van der Waals surface area (Å²) in [7, 11) is 0. The van der Waals surface area contributed by atoms with Crippen molar-refractivity contribution in [1.29, 1.82) is 0 Å². The van der Waals surface area contributed by atoms with Gasteiger partial charge in [0.25, 0.3) is 0 Å². The normalized spacial score (nSPS) is 27.7. The number of amides is 1. The summed E-state index contributed by atoms with van der Waals surface area (Å²) >= 11 is 1.83. The molecule has 0 radical (unpaired) electrons. The SMILES string of the molecule is Cl.Cl.O=C(C1CC2CCCCC2N1)N1CCC(c2nc3ccccc3s2)CC1. The molecule has 3 aliphatic rings. The van der Waals surface area contributed by atoms with E-state index in [0.717, 1.165) is 43.8 Å². The number of likely N-dealkylation sites (tertiary alicyclic amines) is 1. The number of halogens is 2. The van der Waals surface area contributed by atoms with E-state index in [2.05, 4.69) is 34.5 Å². The molecule has 1 aromatic heterocycles. The highest BCUT2D eigenvalue weighted by molar-refractivity contribution is 7.18. The van der Waals surface area contributed by atoms with Crippen LogP contribution in [-0.4, -0.2) is 41.0 Å². The van der Waals surface area contributed by atoms with Crippen LogP contribution in [0.2, 0.25) is 0 Å². The second-order valence-corrected chi connectivity index (χ2v) is 9.29. The predicted molar refractivity (Wildman–Crippen MR) is 120 cm³/mol. The summed E-state index contributed by atoms with van der Waals surface area (Å²) in [6, 6.07) is 9.05. The number of piperidine rings is 1. The molecule has 4 nitrogen and oxygen atoms in total. The van der Waals surface area contributed by atoms with Crippen LogP contribution in [0.1, 0.15) is 55.9 Å². The maximum atomic E-state index is 13.0. The third-order valence-corrected chi connectivity index (χ3v) is 7.83. The summed E-state index contributed by atoms with van der Waals surface area (Å²) in [6.45, 7) is 1.76. The molecule has 5 rings (SSSR count). The lowest BCUT2D eigenvalue weighted by Crippen LogP contribution is -2.48. The van der Waals surface area contributed by atoms with Crippen LogP contribution >= 0.6 is 36.2 Å². The predicted octanol–water partition coefficient (Wildman–Crippen LogP) is 4.77. The molecule has 7 heteroatoms. The Balaban J connectivity index is 0.00000112. The van der Waals surface area contributed by atoms with Gasteiger partial charge in [-0.1, -0.05) is 25.0 Å². The van der Waals surface area contributed by atoms with Crippen LogP contribution in [0.5, 0.6) is 0 Å². The number of carbonyl (C=O) groups is 1. The molecule has 28 heavy (non-hydrogen) atoms. The summed E-state index contributed by atoms with van der Waals surface area (Å²) in [6.07, 6.45) is 8.38. The van der Waals surface area contributed by atoms with Crippen LogP contribution < -0.4 is 5.32 Å². The van der Waals surface area contributed by atoms with E-state index in [-0.39, 0.29) is 30.9 Å². The first-order valence-corrected chi connectivity index (χ1v) is 11.0. The zero-order valence-corrected chi connectivity index (χ0v) is 18.5. The smallest absolute Gasteiger partial charge is 0.239 e. The van der Waals surface area contributed by atoms with Gasteiger partial charge >= 0.3 is 0 Å². The first kappa shape index (κ1) is 21.8. The van der Waals surface area contributed by atoms with E-state index in [9.17, 15) is 4.79 Å². The monoisotopic (exact) mass is 441 g/mol. The fourth-order valence-corrected chi connectivity index (χ4v) is 6.28. The molecule has 3 fully saturated rings. The Morgan fingerprint density at radius 2 is 1.82 bits per heavy atom. The maximum Gasteiger partial charge on any atom is 0.239 e. The average molecular weight is 442 g/mol. The second kappa shape index (κ2) is 9.29. The molecule has 1 saturated carbocycles. The lowest BCUT2D eigenvalue weighted by Gasteiger charge is -2.33. The standard InChI is InChI=1S/C21H27N3OS.2ClH/c25-21(18-13-15-5-1-2-6-16(15)22-18)24-11-9-14(10-12-24)20-23-17-7-3-4-8-19(17)26-20;;/h3-4,7-8,14-16,18,22H,1-2,5-6,9-13H2;2*1H. The molecular weight excluding hydrogens is 413 g/mol. The van der Waals surface area contributed by atoms with E-state index in [1.807, 2.05) is 11.3 Å². The van der Waals surface area contributed by atoms with Gasteiger partial charge in [0, 0.05) is 25.0 Å². The van der Waals surface area contributed by atoms with Crippen LogP contribution in [0.15, 0.2) is 24.3 Å². The zero-order chi connectivity index (χ0) is 17.5. The third-order valence-electron chi connectivity index (χ3n) is 6.63. The summed E-state index contributed by atoms with van der Waals surface area (Å²) in [5, 5.41) is 4.90. The van der Waals surface area contributed by atoms with Gasteiger partial charge in [-0.05, 0) is 50.2 Å². The van der Waals surface area contributed by atoms with Gasteiger partial charge in [0.15, 0.2) is 0 Å². The molecule has 3 unspecified atom stereocenters. The number of hydrogen-bond acceptors (Lipinski definition) is 4. The Hall–Kier alpha value is -0.880. The minimum atomic E-state index is 0. The van der Waals surface area contributed by atoms with E-state index in [4.69, 9.17) is 4.98 Å². The Kier molecular flexibility index (Phi) is 7.24. The van der Waals surface area contributed by atoms with Crippen LogP contribution in [0, 0.1) is 5.92 Å². The van der Waals surface area contributed by atoms with E-state index >= 15 is 0 Å². The van der Waals surface area contributed by atoms with Crippen molar-refractivity contribution in [3.05, 3.63) is 29.3 Å². The quantitative estimate of drug-likeness (QED) is 0.729. The van der Waals surface area contributed by atoms with E-state index in [1.54, 1.807) is 0 Å². The molecule has 1 N–H and O–H groups in total. The Morgan fingerprint density at radius 3 is 2.57 bits per heavy atom. The van der Waals surface area contributed by atoms with Gasteiger partial charge < -0.3 is 10.2 Å². The van der Waals surface area contributed by atoms with Crippen molar-refractivity contribution in [3.63, 3.8) is 0 Å². The lowest BCUT2D eigenvalue weighted by molar-refractivity contribution is -0.134. The average Bonchev–Trinajstić information content (AvgIpc) is 3.31. The van der Waals surface area contributed by atoms with E-state index in [0.29, 0.717) is 17.9 Å². The number of carbonyl (C=O) groups excluding carboxylic acids is 1. The molecular formula is C21H29Cl2N3OS. The lowest BCUT2D eigenvalue weighted by atomic mass is 9.85. The van der Waals surface area contributed by atoms with Gasteiger partial charge in [0.2, 0.25) is 5.91 Å². The minimum absolute atomic E-state index is 0. The van der Waals surface area contributed by atoms with Gasteiger partial charge in [-0.2, -0.15) is 0 Å². The van der Waals surface area contributed by atoms with Gasteiger partial charge in [0.05, 0.1) is 21.3 Å². The highest BCUT2D eigenvalue weighted by Gasteiger charge is 2.40. The molecule has 0 spiro atoms. The number of hydrogen-bond donors (Lipinski definition) is 1. The largest absolute Gasteiger partial charge is 0.341 e. The molecule has 1 amide bonds. The fraction of sp³-hybridized carbons (Fsp3) is 0.619. The number of para-hydroxylation sites is 1. The molecule has 154 valence electrons. The van der Waals surface area contributed by atoms with Crippen LogP contribution in [0.3, 0.4) is 0 Å². The number of rotatable bonds is 2. The summed E-state index contributed by atoms with van der Waals surface area (Å²) in [5.74, 6) is 1.59. The van der Waals surface area contributed by atoms with Crippen molar-refractivity contribution in [3.8, 4) is 0 Å². The number of fused-ring (bicyclic) bond motifs is 2. The zero-order valence-electron chi connectivity index (χ0n) is 16.0. The summed E-state index contributed by atoms with van der Waals surface area (Å²) in [4.78, 5) is 19.9. The Labute approximate surface area is 183 Å². The van der Waals surface area contributed by atoms with Crippen molar-refractivity contribution in [2.45, 2.75) is 62.9 Å². The first-order valence-electron chi connectivity index (χ1n) is 10.2. The first-order chi connectivity index (χ1) is 12.8. The summed E-state index contributed by atoms with van der Waals surface area (Å²) in [5.41, 5.74) is 1.11. The molecule has 1 aliphatic carbocycles. The molecule has 1 aromatic carbocycles. The van der Waals surface area contributed by atoms with Crippen LogP contribution in [0.25, 0.3) is 10.2 Å². The van der Waals surface area contributed by atoms with Gasteiger partial charge in [-0.15, -0.1) is 36.2 Å². The molecule has 2 aliphatic heterocycles. The minimum Gasteiger partial charge on any atom is -0.341 e. The van der Waals surface area contributed by atoms with Crippen molar-refractivity contribution < 1.29 is 4.79 Å². The second-order valence-electron chi connectivity index (χ2n) is 8.23. The van der Waals surface area contributed by atoms with E-state index in [1.165, 1.54) is 35.4 Å². The number of nitrogens with zero attached hydrogens (tertiary/aromatic N) is 2. The maximum absolute atomic E-state index is 13.0.